The third-order valence-corrected chi connectivity index (χ3v) is 9.36. The molecule has 0 unspecified atom stereocenters. The summed E-state index contributed by atoms with van der Waals surface area (Å²) < 4.78 is 31.9. The van der Waals surface area contributed by atoms with Gasteiger partial charge in [0, 0.05) is 41.6 Å². The third kappa shape index (κ3) is 6.33. The van der Waals surface area contributed by atoms with Gasteiger partial charge in [-0.25, -0.2) is 17.4 Å². The van der Waals surface area contributed by atoms with E-state index in [0.717, 1.165) is 34.0 Å². The predicted molar refractivity (Wildman–Crippen MR) is 149 cm³/mol. The molecule has 0 bridgehead atoms. The Balaban J connectivity index is 1.35. The number of rotatable bonds is 9. The molecule has 9 nitrogen and oxygen atoms in total. The van der Waals surface area contributed by atoms with Crippen molar-refractivity contribution in [3.05, 3.63) is 58.2 Å². The summed E-state index contributed by atoms with van der Waals surface area (Å²) in [5.74, 6) is -0.683. The molecule has 11 heteroatoms. The largest absolute Gasteiger partial charge is 0.372 e. The van der Waals surface area contributed by atoms with Gasteiger partial charge in [0.1, 0.15) is 5.01 Å². The van der Waals surface area contributed by atoms with Crippen LogP contribution in [0.1, 0.15) is 48.8 Å². The first-order valence-corrected chi connectivity index (χ1v) is 15.0. The van der Waals surface area contributed by atoms with Gasteiger partial charge in [0.15, 0.2) is 5.78 Å². The molecule has 1 aromatic carbocycles. The molecule has 2 atom stereocenters. The zero-order valence-corrected chi connectivity index (χ0v) is 23.9. The van der Waals surface area contributed by atoms with Crippen molar-refractivity contribution >= 4 is 38.7 Å². The number of hydrogen-bond acceptors (Lipinski definition) is 8. The second kappa shape index (κ2) is 11.4. The van der Waals surface area contributed by atoms with Crippen molar-refractivity contribution in [2.45, 2.75) is 58.5 Å². The number of benzene rings is 1. The fraction of sp³-hybridized carbons (Fsp3) is 0.444. The van der Waals surface area contributed by atoms with Crippen LogP contribution in [0.15, 0.2) is 41.9 Å². The van der Waals surface area contributed by atoms with Gasteiger partial charge >= 0.3 is 0 Å². The number of aryl methyl sites for hydroxylation is 1. The zero-order valence-electron chi connectivity index (χ0n) is 22.3. The number of anilines is 1. The number of carbonyl (C=O) groups is 2. The Labute approximate surface area is 227 Å². The summed E-state index contributed by atoms with van der Waals surface area (Å²) in [6, 6.07) is 9.71. The maximum absolute atomic E-state index is 12.6. The Morgan fingerprint density at radius 1 is 1.18 bits per heavy atom. The van der Waals surface area contributed by atoms with Crippen molar-refractivity contribution < 1.29 is 22.7 Å². The highest BCUT2D eigenvalue weighted by Gasteiger charge is 2.24. The normalized spacial score (nSPS) is 18.1. The molecule has 38 heavy (non-hydrogen) atoms. The van der Waals surface area contributed by atoms with Crippen molar-refractivity contribution in [1.82, 2.24) is 14.3 Å². The van der Waals surface area contributed by atoms with Crippen molar-refractivity contribution in [3.63, 3.8) is 0 Å². The van der Waals surface area contributed by atoms with Crippen LogP contribution in [0.25, 0.3) is 11.3 Å². The number of nitrogens with one attached hydrogen (secondary N) is 1. The summed E-state index contributed by atoms with van der Waals surface area (Å²) in [4.78, 5) is 32.1. The van der Waals surface area contributed by atoms with Crippen LogP contribution in [-0.2, 0) is 26.0 Å². The number of morpholine rings is 1. The maximum Gasteiger partial charge on any atom is 0.253 e. The summed E-state index contributed by atoms with van der Waals surface area (Å²) in [5, 5.41) is 4.58. The number of amides is 1. The number of hydrogen-bond donors (Lipinski definition) is 1. The molecule has 1 N–H and O–H groups in total. The summed E-state index contributed by atoms with van der Waals surface area (Å²) in [5.41, 5.74) is 3.53. The molecule has 0 aliphatic carbocycles. The molecule has 0 radical (unpaired) electrons. The van der Waals surface area contributed by atoms with E-state index in [2.05, 4.69) is 41.2 Å². The lowest BCUT2D eigenvalue weighted by Crippen LogP contribution is -2.45. The second-order valence-corrected chi connectivity index (χ2v) is 13.3. The fourth-order valence-corrected chi connectivity index (χ4v) is 6.47. The van der Waals surface area contributed by atoms with Gasteiger partial charge in [0.2, 0.25) is 10.0 Å². The Morgan fingerprint density at radius 3 is 2.58 bits per heavy atom. The Hall–Kier alpha value is -3.02. The first kappa shape index (κ1) is 28.0. The van der Waals surface area contributed by atoms with Crippen LogP contribution in [-0.4, -0.2) is 66.2 Å². The summed E-state index contributed by atoms with van der Waals surface area (Å²) in [6.07, 6.45) is 1.73. The molecule has 3 heterocycles. The topological polar surface area (TPSA) is 111 Å². The molecule has 204 valence electrons. The van der Waals surface area contributed by atoms with E-state index in [4.69, 9.17) is 4.74 Å². The van der Waals surface area contributed by atoms with Crippen LogP contribution in [0.3, 0.4) is 0 Å². The Morgan fingerprint density at radius 2 is 1.89 bits per heavy atom. The van der Waals surface area contributed by atoms with Crippen LogP contribution < -0.4 is 10.2 Å². The minimum absolute atomic E-state index is 0.102. The average molecular weight is 559 g/mol. The van der Waals surface area contributed by atoms with E-state index in [0.29, 0.717) is 10.7 Å². The highest BCUT2D eigenvalue weighted by atomic mass is 32.2. The zero-order chi connectivity index (χ0) is 27.6. The molecular formula is C27H34N4O5S2. The summed E-state index contributed by atoms with van der Waals surface area (Å²) in [7, 11) is -3.57. The first-order chi connectivity index (χ1) is 17.9. The van der Waals surface area contributed by atoms with E-state index in [9.17, 15) is 18.0 Å². The summed E-state index contributed by atoms with van der Waals surface area (Å²) >= 11 is 1.41. The number of thiazole rings is 1. The highest BCUT2D eigenvalue weighted by Crippen LogP contribution is 2.28. The summed E-state index contributed by atoms with van der Waals surface area (Å²) in [6.45, 7) is 10.4. The molecule has 4 rings (SSSR count). The predicted octanol–water partition coefficient (Wildman–Crippen LogP) is 3.66. The number of nitrogens with zero attached hydrogens (tertiary/aromatic N) is 3. The lowest BCUT2D eigenvalue weighted by Gasteiger charge is -2.37. The highest BCUT2D eigenvalue weighted by molar-refractivity contribution is 7.90. The van der Waals surface area contributed by atoms with Crippen molar-refractivity contribution in [1.29, 1.82) is 0 Å². The smallest absolute Gasteiger partial charge is 0.253 e. The van der Waals surface area contributed by atoms with Gasteiger partial charge in [-0.05, 0) is 52.8 Å². The molecule has 3 aromatic rings. The van der Waals surface area contributed by atoms with Crippen LogP contribution in [0, 0.1) is 6.92 Å². The van der Waals surface area contributed by atoms with Gasteiger partial charge in [0.05, 0.1) is 41.7 Å². The van der Waals surface area contributed by atoms with E-state index in [1.54, 1.807) is 20.8 Å². The molecular weight excluding hydrogens is 524 g/mol. The fourth-order valence-electron chi connectivity index (χ4n) is 4.47. The number of carbonyl (C=O) groups excluding carboxylic acids is 2. The first-order valence-electron chi connectivity index (χ1n) is 12.6. The maximum atomic E-state index is 12.6. The molecule has 0 saturated carbocycles. The Kier molecular flexibility index (Phi) is 8.39. The molecule has 1 aliphatic heterocycles. The number of ether oxygens (including phenoxy) is 1. The minimum Gasteiger partial charge on any atom is -0.372 e. The van der Waals surface area contributed by atoms with E-state index < -0.39 is 21.2 Å². The van der Waals surface area contributed by atoms with Crippen LogP contribution in [0.4, 0.5) is 5.69 Å². The average Bonchev–Trinajstić information content (AvgIpc) is 3.49. The molecule has 1 fully saturated rings. The lowest BCUT2D eigenvalue weighted by molar-refractivity contribution is -0.117. The van der Waals surface area contributed by atoms with E-state index in [1.807, 2.05) is 17.5 Å². The molecule has 2 aromatic heterocycles. The molecule has 1 amide bonds. The minimum atomic E-state index is -3.57. The van der Waals surface area contributed by atoms with Gasteiger partial charge in [-0.15, -0.1) is 11.3 Å². The van der Waals surface area contributed by atoms with Crippen LogP contribution in [0.5, 0.6) is 0 Å². The van der Waals surface area contributed by atoms with Crippen LogP contribution >= 0.6 is 11.3 Å². The molecule has 0 spiro atoms. The van der Waals surface area contributed by atoms with E-state index >= 15 is 0 Å². The van der Waals surface area contributed by atoms with Gasteiger partial charge < -0.3 is 15.0 Å². The van der Waals surface area contributed by atoms with Crippen molar-refractivity contribution in [2.24, 2.45) is 0 Å². The van der Waals surface area contributed by atoms with Gasteiger partial charge in [-0.1, -0.05) is 12.1 Å². The van der Waals surface area contributed by atoms with Crippen LogP contribution in [0.2, 0.25) is 0 Å². The third-order valence-electron chi connectivity index (χ3n) is 6.37. The number of aromatic nitrogens is 2. The van der Waals surface area contributed by atoms with Crippen molar-refractivity contribution in [3.8, 4) is 11.3 Å². The Bertz CT molecular complexity index is 1420. The van der Waals surface area contributed by atoms with Gasteiger partial charge in [0.25, 0.3) is 5.91 Å². The monoisotopic (exact) mass is 558 g/mol. The lowest BCUT2D eigenvalue weighted by atomic mass is 10.1. The van der Waals surface area contributed by atoms with Gasteiger partial charge in [-0.3, -0.25) is 9.59 Å². The second-order valence-electron chi connectivity index (χ2n) is 10.00. The molecule has 1 aliphatic rings. The van der Waals surface area contributed by atoms with Crippen molar-refractivity contribution in [2.75, 3.05) is 24.5 Å². The number of Topliss-reactive ketones (excluding diaryl/α,β-unsaturated/α-hetero) is 1. The SMILES string of the molecule is Cc1cc(C(=O)NCC(=O)Cc2nc(-c3cccc(N4C[C@@H](C)O[C@@H](C)C4)c3)cs2)cn1S(=O)(=O)C(C)C. The molecule has 1 saturated heterocycles. The standard InChI is InChI=1S/C27H34N4O5S2/c1-17(2)38(34,35)31-15-22(9-18(31)3)27(33)28-12-24(32)11-26-29-25(16-37-26)21-7-6-8-23(10-21)30-13-19(4)36-20(5)14-30/h6-10,15-17,19-20H,11-14H2,1-5H3,(H,28,33)/t19-,20+. The van der Waals surface area contributed by atoms with Gasteiger partial charge in [-0.2, -0.15) is 0 Å². The quantitative estimate of drug-likeness (QED) is 0.427. The number of ketones is 1. The van der Waals surface area contributed by atoms with E-state index in [-0.39, 0.29) is 36.5 Å². The van der Waals surface area contributed by atoms with E-state index in [1.165, 1.54) is 23.6 Å².